The lowest BCUT2D eigenvalue weighted by Crippen LogP contribution is -2.50. The third-order valence-electron chi connectivity index (χ3n) is 4.72. The Kier molecular flexibility index (Phi) is 2.60. The summed E-state index contributed by atoms with van der Waals surface area (Å²) >= 11 is 0. The highest BCUT2D eigenvalue weighted by atomic mass is 16.3. The van der Waals surface area contributed by atoms with Crippen LogP contribution in [0.2, 0.25) is 0 Å². The van der Waals surface area contributed by atoms with Crippen molar-refractivity contribution in [2.75, 3.05) is 0 Å². The van der Waals surface area contributed by atoms with Gasteiger partial charge in [0.1, 0.15) is 11.8 Å². The number of piperidine rings is 1. The zero-order valence-electron chi connectivity index (χ0n) is 11.3. The van der Waals surface area contributed by atoms with Crippen molar-refractivity contribution in [1.82, 2.24) is 4.90 Å². The van der Waals surface area contributed by atoms with Crippen LogP contribution in [0, 0.1) is 0 Å². The van der Waals surface area contributed by atoms with Crippen LogP contribution in [-0.2, 0) is 0 Å². The molecule has 2 saturated heterocycles. The van der Waals surface area contributed by atoms with E-state index < -0.39 is 0 Å². The van der Waals surface area contributed by atoms with E-state index in [1.807, 2.05) is 24.3 Å². The first kappa shape index (κ1) is 12.0. The van der Waals surface area contributed by atoms with Crippen molar-refractivity contribution in [2.45, 2.75) is 43.8 Å². The van der Waals surface area contributed by atoms with Crippen molar-refractivity contribution in [2.24, 2.45) is 5.73 Å². The number of furan rings is 1. The zero-order chi connectivity index (χ0) is 13.7. The van der Waals surface area contributed by atoms with E-state index in [9.17, 15) is 4.79 Å². The van der Waals surface area contributed by atoms with Crippen molar-refractivity contribution in [1.29, 1.82) is 0 Å². The van der Waals surface area contributed by atoms with Gasteiger partial charge in [0.05, 0.1) is 5.56 Å². The van der Waals surface area contributed by atoms with Crippen molar-refractivity contribution >= 4 is 16.9 Å². The molecular formula is C16H18N2O2. The summed E-state index contributed by atoms with van der Waals surface area (Å²) in [5.41, 5.74) is 7.53. The number of nitrogens with zero attached hydrogens (tertiary/aromatic N) is 1. The third kappa shape index (κ3) is 1.68. The van der Waals surface area contributed by atoms with Crippen molar-refractivity contribution < 1.29 is 9.21 Å². The average molecular weight is 270 g/mol. The molecule has 4 rings (SSSR count). The van der Waals surface area contributed by atoms with Crippen LogP contribution in [0.1, 0.15) is 36.0 Å². The smallest absolute Gasteiger partial charge is 0.258 e. The summed E-state index contributed by atoms with van der Waals surface area (Å²) in [4.78, 5) is 14.9. The predicted octanol–water partition coefficient (Wildman–Crippen LogP) is 2.53. The molecule has 2 fully saturated rings. The normalized spacial score (nSPS) is 29.1. The zero-order valence-corrected chi connectivity index (χ0v) is 11.3. The average Bonchev–Trinajstić information content (AvgIpc) is 2.98. The van der Waals surface area contributed by atoms with Crippen LogP contribution in [0.15, 0.2) is 34.9 Å². The topological polar surface area (TPSA) is 59.5 Å². The monoisotopic (exact) mass is 270 g/mol. The van der Waals surface area contributed by atoms with Gasteiger partial charge in [-0.1, -0.05) is 18.2 Å². The molecule has 4 heteroatoms. The van der Waals surface area contributed by atoms with Gasteiger partial charge in [0.25, 0.3) is 5.91 Å². The minimum absolute atomic E-state index is 0.106. The second-order valence-corrected chi connectivity index (χ2v) is 5.97. The molecule has 0 radical (unpaired) electrons. The van der Waals surface area contributed by atoms with Gasteiger partial charge < -0.3 is 15.1 Å². The minimum Gasteiger partial charge on any atom is -0.463 e. The van der Waals surface area contributed by atoms with Crippen molar-refractivity contribution in [3.05, 3.63) is 36.1 Å². The molecule has 3 heterocycles. The van der Waals surface area contributed by atoms with Gasteiger partial charge in [0.15, 0.2) is 0 Å². The fourth-order valence-electron chi connectivity index (χ4n) is 3.83. The number of hydrogen-bond donors (Lipinski definition) is 1. The summed E-state index contributed by atoms with van der Waals surface area (Å²) in [6.45, 7) is 0. The maximum absolute atomic E-state index is 12.9. The molecule has 20 heavy (non-hydrogen) atoms. The summed E-state index contributed by atoms with van der Waals surface area (Å²) < 4.78 is 5.50. The van der Waals surface area contributed by atoms with Gasteiger partial charge in [-0.3, -0.25) is 4.79 Å². The highest BCUT2D eigenvalue weighted by molar-refractivity contribution is 6.06. The van der Waals surface area contributed by atoms with Gasteiger partial charge >= 0.3 is 0 Å². The molecular weight excluding hydrogens is 252 g/mol. The number of hydrogen-bond acceptors (Lipinski definition) is 3. The first-order chi connectivity index (χ1) is 9.74. The molecule has 1 aromatic heterocycles. The van der Waals surface area contributed by atoms with E-state index in [0.29, 0.717) is 17.6 Å². The van der Waals surface area contributed by atoms with Crippen LogP contribution in [0.3, 0.4) is 0 Å². The van der Waals surface area contributed by atoms with Gasteiger partial charge in [-0.05, 0) is 31.7 Å². The largest absolute Gasteiger partial charge is 0.463 e. The SMILES string of the molecule is NC1CC2CCC(C1)N2C(=O)c1coc2ccccc12. The van der Waals surface area contributed by atoms with Gasteiger partial charge in [0, 0.05) is 23.5 Å². The first-order valence-corrected chi connectivity index (χ1v) is 7.28. The maximum Gasteiger partial charge on any atom is 0.258 e. The molecule has 4 nitrogen and oxygen atoms in total. The van der Waals surface area contributed by atoms with Crippen LogP contribution in [-0.4, -0.2) is 28.9 Å². The summed E-state index contributed by atoms with van der Waals surface area (Å²) in [7, 11) is 0. The lowest BCUT2D eigenvalue weighted by molar-refractivity contribution is 0.0576. The molecule has 104 valence electrons. The Labute approximate surface area is 117 Å². The molecule has 2 atom stereocenters. The van der Waals surface area contributed by atoms with Crippen LogP contribution in [0.5, 0.6) is 0 Å². The molecule has 2 aliphatic rings. The summed E-state index contributed by atoms with van der Waals surface area (Å²) in [5, 5.41) is 0.909. The lowest BCUT2D eigenvalue weighted by atomic mass is 9.97. The Morgan fingerprint density at radius 3 is 2.65 bits per heavy atom. The molecule has 1 amide bonds. The van der Waals surface area contributed by atoms with E-state index in [1.165, 1.54) is 0 Å². The van der Waals surface area contributed by atoms with E-state index in [1.54, 1.807) is 6.26 Å². The van der Waals surface area contributed by atoms with Gasteiger partial charge in [-0.15, -0.1) is 0 Å². The second-order valence-electron chi connectivity index (χ2n) is 5.97. The lowest BCUT2D eigenvalue weighted by Gasteiger charge is -2.37. The van der Waals surface area contributed by atoms with E-state index in [0.717, 1.165) is 36.7 Å². The molecule has 2 bridgehead atoms. The minimum atomic E-state index is 0.106. The number of amides is 1. The van der Waals surface area contributed by atoms with Crippen molar-refractivity contribution in [3.8, 4) is 0 Å². The van der Waals surface area contributed by atoms with Gasteiger partial charge in [0.2, 0.25) is 0 Å². The highest BCUT2D eigenvalue weighted by Gasteiger charge is 2.42. The Bertz CT molecular complexity index is 649. The summed E-state index contributed by atoms with van der Waals surface area (Å²) in [6.07, 6.45) is 5.62. The molecule has 0 aliphatic carbocycles. The van der Waals surface area contributed by atoms with Gasteiger partial charge in [-0.25, -0.2) is 0 Å². The maximum atomic E-state index is 12.9. The van der Waals surface area contributed by atoms with E-state index >= 15 is 0 Å². The number of para-hydroxylation sites is 1. The Balaban J connectivity index is 1.71. The number of fused-ring (bicyclic) bond motifs is 3. The quantitative estimate of drug-likeness (QED) is 0.866. The van der Waals surface area contributed by atoms with Crippen LogP contribution in [0.4, 0.5) is 0 Å². The first-order valence-electron chi connectivity index (χ1n) is 7.28. The Morgan fingerprint density at radius 1 is 1.20 bits per heavy atom. The number of carbonyl (C=O) groups excluding carboxylic acids is 1. The summed E-state index contributed by atoms with van der Waals surface area (Å²) in [5.74, 6) is 0.106. The number of carbonyl (C=O) groups is 1. The molecule has 2 aliphatic heterocycles. The van der Waals surface area contributed by atoms with Crippen LogP contribution < -0.4 is 5.73 Å². The van der Waals surface area contributed by atoms with Gasteiger partial charge in [-0.2, -0.15) is 0 Å². The van der Waals surface area contributed by atoms with Crippen LogP contribution in [0.25, 0.3) is 11.0 Å². The standard InChI is InChI=1S/C16H18N2O2/c17-10-7-11-5-6-12(8-10)18(11)16(19)14-9-20-15-4-2-1-3-13(14)15/h1-4,9-12H,5-8,17H2. The number of nitrogens with two attached hydrogens (primary N) is 1. The van der Waals surface area contributed by atoms with Crippen LogP contribution >= 0.6 is 0 Å². The molecule has 0 saturated carbocycles. The molecule has 1 aromatic carbocycles. The number of rotatable bonds is 1. The highest BCUT2D eigenvalue weighted by Crippen LogP contribution is 2.37. The molecule has 0 spiro atoms. The van der Waals surface area contributed by atoms with Crippen molar-refractivity contribution in [3.63, 3.8) is 0 Å². The fourth-order valence-corrected chi connectivity index (χ4v) is 3.83. The fraction of sp³-hybridized carbons (Fsp3) is 0.438. The predicted molar refractivity (Wildman–Crippen MR) is 76.4 cm³/mol. The van der Waals surface area contributed by atoms with E-state index in [-0.39, 0.29) is 11.9 Å². The number of benzene rings is 1. The Morgan fingerprint density at radius 2 is 1.90 bits per heavy atom. The summed E-state index contributed by atoms with van der Waals surface area (Å²) in [6, 6.07) is 8.57. The molecule has 2 N–H and O–H groups in total. The van der Waals surface area contributed by atoms with E-state index in [4.69, 9.17) is 10.2 Å². The molecule has 2 unspecified atom stereocenters. The van der Waals surface area contributed by atoms with E-state index in [2.05, 4.69) is 4.90 Å². The third-order valence-corrected chi connectivity index (χ3v) is 4.72. The second kappa shape index (κ2) is 4.35. The Hall–Kier alpha value is -1.81. The molecule has 2 aromatic rings.